The van der Waals surface area contributed by atoms with Crippen molar-refractivity contribution >= 4 is 39.0 Å². The molecule has 2 aromatic heterocycles. The molecule has 4 aromatic rings. The van der Waals surface area contributed by atoms with E-state index in [-0.39, 0.29) is 11.2 Å². The van der Waals surface area contributed by atoms with E-state index in [1.54, 1.807) is 22.8 Å². The van der Waals surface area contributed by atoms with Crippen LogP contribution in [0.2, 0.25) is 0 Å². The standard InChI is InChI=1S/C23H19N3O3S2/c1-3-12-25-22(27)20-19(17-8-4-15(2)5-9-17)14-30-21(20)24-23(25)31-13-16-6-10-18(11-7-16)26(28)29/h3-11,14H,1,12-13H2,2H3. The van der Waals surface area contributed by atoms with E-state index in [4.69, 9.17) is 4.98 Å². The number of nitro groups is 1. The molecule has 0 saturated heterocycles. The molecule has 0 N–H and O–H groups in total. The Balaban J connectivity index is 1.71. The maximum atomic E-state index is 13.4. The number of aryl methyl sites for hydroxylation is 1. The van der Waals surface area contributed by atoms with Crippen LogP contribution in [0.5, 0.6) is 0 Å². The van der Waals surface area contributed by atoms with Gasteiger partial charge in [-0.1, -0.05) is 59.8 Å². The third-order valence-corrected chi connectivity index (χ3v) is 6.77. The van der Waals surface area contributed by atoms with Crippen LogP contribution >= 0.6 is 23.1 Å². The Morgan fingerprint density at radius 1 is 1.19 bits per heavy atom. The smallest absolute Gasteiger partial charge is 0.269 e. The molecular weight excluding hydrogens is 430 g/mol. The third kappa shape index (κ3) is 4.30. The molecule has 0 aliphatic rings. The lowest BCUT2D eigenvalue weighted by molar-refractivity contribution is -0.384. The van der Waals surface area contributed by atoms with Gasteiger partial charge in [-0.3, -0.25) is 19.5 Å². The number of allylic oxidation sites excluding steroid dienone is 1. The van der Waals surface area contributed by atoms with Gasteiger partial charge in [0.05, 0.1) is 10.3 Å². The highest BCUT2D eigenvalue weighted by molar-refractivity contribution is 7.98. The van der Waals surface area contributed by atoms with Crippen LogP contribution in [0.3, 0.4) is 0 Å². The second-order valence-electron chi connectivity index (χ2n) is 7.01. The summed E-state index contributed by atoms with van der Waals surface area (Å²) in [5.41, 5.74) is 3.93. The van der Waals surface area contributed by atoms with Gasteiger partial charge in [-0.15, -0.1) is 17.9 Å². The van der Waals surface area contributed by atoms with Crippen molar-refractivity contribution in [3.8, 4) is 11.1 Å². The molecule has 8 heteroatoms. The van der Waals surface area contributed by atoms with Crippen molar-refractivity contribution in [3.63, 3.8) is 0 Å². The Morgan fingerprint density at radius 3 is 2.55 bits per heavy atom. The lowest BCUT2D eigenvalue weighted by Crippen LogP contribution is -2.22. The molecule has 6 nitrogen and oxygen atoms in total. The van der Waals surface area contributed by atoms with E-state index in [1.165, 1.54) is 35.2 Å². The molecule has 0 bridgehead atoms. The Bertz CT molecular complexity index is 1320. The van der Waals surface area contributed by atoms with Crippen LogP contribution in [0, 0.1) is 17.0 Å². The monoisotopic (exact) mass is 449 g/mol. The molecule has 0 aliphatic carbocycles. The number of aromatic nitrogens is 2. The second-order valence-corrected chi connectivity index (χ2v) is 8.81. The van der Waals surface area contributed by atoms with E-state index in [0.717, 1.165) is 22.3 Å². The van der Waals surface area contributed by atoms with Crippen molar-refractivity contribution in [2.45, 2.75) is 24.4 Å². The average Bonchev–Trinajstić information content (AvgIpc) is 3.19. The SMILES string of the molecule is C=CCn1c(SCc2ccc([N+](=O)[O-])cc2)nc2scc(-c3ccc(C)cc3)c2c1=O. The first-order chi connectivity index (χ1) is 15.0. The number of rotatable bonds is 7. The highest BCUT2D eigenvalue weighted by atomic mass is 32.2. The maximum absolute atomic E-state index is 13.4. The predicted molar refractivity (Wildman–Crippen MR) is 127 cm³/mol. The third-order valence-electron chi connectivity index (χ3n) is 4.85. The number of benzene rings is 2. The van der Waals surface area contributed by atoms with Gasteiger partial charge in [-0.05, 0) is 18.1 Å². The fourth-order valence-corrected chi connectivity index (χ4v) is 5.17. The summed E-state index contributed by atoms with van der Waals surface area (Å²) in [5, 5.41) is 14.0. The number of nitrogens with zero attached hydrogens (tertiary/aromatic N) is 3. The first-order valence-electron chi connectivity index (χ1n) is 9.54. The molecule has 0 amide bonds. The summed E-state index contributed by atoms with van der Waals surface area (Å²) in [7, 11) is 0. The Morgan fingerprint density at radius 2 is 1.90 bits per heavy atom. The summed E-state index contributed by atoms with van der Waals surface area (Å²) in [6, 6.07) is 14.5. The van der Waals surface area contributed by atoms with Crippen LogP contribution in [0.15, 0.2) is 76.5 Å². The van der Waals surface area contributed by atoms with E-state index in [2.05, 4.69) is 6.58 Å². The Hall–Kier alpha value is -3.23. The van der Waals surface area contributed by atoms with Gasteiger partial charge < -0.3 is 0 Å². The summed E-state index contributed by atoms with van der Waals surface area (Å²) in [5.74, 6) is 0.545. The summed E-state index contributed by atoms with van der Waals surface area (Å²) >= 11 is 2.89. The highest BCUT2D eigenvalue weighted by Crippen LogP contribution is 2.33. The number of fused-ring (bicyclic) bond motifs is 1. The van der Waals surface area contributed by atoms with E-state index in [0.29, 0.717) is 27.7 Å². The van der Waals surface area contributed by atoms with Gasteiger partial charge in [-0.2, -0.15) is 0 Å². The minimum Gasteiger partial charge on any atom is -0.283 e. The first kappa shape index (κ1) is 21.0. The molecule has 0 fully saturated rings. The summed E-state index contributed by atoms with van der Waals surface area (Å²) in [6.45, 7) is 6.17. The Labute approximate surface area is 187 Å². The van der Waals surface area contributed by atoms with Crippen LogP contribution in [-0.4, -0.2) is 14.5 Å². The average molecular weight is 450 g/mol. The summed E-state index contributed by atoms with van der Waals surface area (Å²) in [4.78, 5) is 29.3. The molecular formula is C23H19N3O3S2. The quantitative estimate of drug-likeness (QED) is 0.117. The molecule has 0 unspecified atom stereocenters. The van der Waals surface area contributed by atoms with Gasteiger partial charge in [0, 0.05) is 35.4 Å². The van der Waals surface area contributed by atoms with Crippen molar-refractivity contribution in [2.24, 2.45) is 0 Å². The molecule has 0 aliphatic heterocycles. The van der Waals surface area contributed by atoms with Crippen molar-refractivity contribution in [2.75, 3.05) is 0 Å². The molecule has 2 aromatic carbocycles. The minimum absolute atomic E-state index is 0.0547. The van der Waals surface area contributed by atoms with Crippen LogP contribution in [0.4, 0.5) is 5.69 Å². The molecule has 0 radical (unpaired) electrons. The van der Waals surface area contributed by atoms with Crippen LogP contribution < -0.4 is 5.56 Å². The van der Waals surface area contributed by atoms with Gasteiger partial charge >= 0.3 is 0 Å². The molecule has 4 rings (SSSR count). The number of thiophene rings is 1. The van der Waals surface area contributed by atoms with Crippen molar-refractivity contribution < 1.29 is 4.92 Å². The predicted octanol–water partition coefficient (Wildman–Crippen LogP) is 5.82. The number of hydrogen-bond donors (Lipinski definition) is 0. The molecule has 0 saturated carbocycles. The number of hydrogen-bond acceptors (Lipinski definition) is 6. The number of non-ortho nitro benzene ring substituents is 1. The van der Waals surface area contributed by atoms with Gasteiger partial charge in [0.25, 0.3) is 11.2 Å². The molecule has 31 heavy (non-hydrogen) atoms. The van der Waals surface area contributed by atoms with Gasteiger partial charge in [0.1, 0.15) is 4.83 Å². The highest BCUT2D eigenvalue weighted by Gasteiger charge is 2.17. The lowest BCUT2D eigenvalue weighted by Gasteiger charge is -2.11. The Kier molecular flexibility index (Phi) is 6.01. The second kappa shape index (κ2) is 8.87. The largest absolute Gasteiger partial charge is 0.283 e. The fourth-order valence-electron chi connectivity index (χ4n) is 3.21. The summed E-state index contributed by atoms with van der Waals surface area (Å²) in [6.07, 6.45) is 1.68. The zero-order valence-corrected chi connectivity index (χ0v) is 18.4. The number of thioether (sulfide) groups is 1. The normalized spacial score (nSPS) is 11.0. The topological polar surface area (TPSA) is 78.0 Å². The van der Waals surface area contributed by atoms with E-state index in [9.17, 15) is 14.9 Å². The molecule has 156 valence electrons. The maximum Gasteiger partial charge on any atom is 0.269 e. The summed E-state index contributed by atoms with van der Waals surface area (Å²) < 4.78 is 1.63. The molecule has 0 atom stereocenters. The van der Waals surface area contributed by atoms with Gasteiger partial charge in [-0.25, -0.2) is 4.98 Å². The number of nitro benzene ring substituents is 1. The molecule has 2 heterocycles. The molecule has 0 spiro atoms. The van der Waals surface area contributed by atoms with Crippen LogP contribution in [-0.2, 0) is 12.3 Å². The lowest BCUT2D eigenvalue weighted by atomic mass is 10.1. The minimum atomic E-state index is -0.420. The van der Waals surface area contributed by atoms with Crippen LogP contribution in [0.1, 0.15) is 11.1 Å². The van der Waals surface area contributed by atoms with Crippen molar-refractivity contribution in [1.82, 2.24) is 9.55 Å². The van der Waals surface area contributed by atoms with E-state index in [1.807, 2.05) is 36.6 Å². The first-order valence-corrected chi connectivity index (χ1v) is 11.4. The van der Waals surface area contributed by atoms with Crippen molar-refractivity contribution in [1.29, 1.82) is 0 Å². The van der Waals surface area contributed by atoms with Crippen molar-refractivity contribution in [3.05, 3.63) is 98.2 Å². The van der Waals surface area contributed by atoms with Gasteiger partial charge in [0.2, 0.25) is 0 Å². The zero-order valence-electron chi connectivity index (χ0n) is 16.8. The van der Waals surface area contributed by atoms with E-state index < -0.39 is 4.92 Å². The van der Waals surface area contributed by atoms with Gasteiger partial charge in [0.15, 0.2) is 5.16 Å². The van der Waals surface area contributed by atoms with E-state index >= 15 is 0 Å². The van der Waals surface area contributed by atoms with Crippen LogP contribution in [0.25, 0.3) is 21.3 Å². The zero-order chi connectivity index (χ0) is 22.0. The fraction of sp³-hybridized carbons (Fsp3) is 0.130.